The third-order valence-corrected chi connectivity index (χ3v) is 7.52. The largest absolute Gasteiger partial charge is 0.379 e. The molecule has 1 aromatic rings. The number of nitrogens with zero attached hydrogens (tertiary/aromatic N) is 2. The van der Waals surface area contributed by atoms with Crippen molar-refractivity contribution in [2.45, 2.75) is 37.6 Å². The molecule has 0 spiro atoms. The Kier molecular flexibility index (Phi) is 8.43. The topological polar surface area (TPSA) is 79.0 Å². The van der Waals surface area contributed by atoms with E-state index in [9.17, 15) is 13.2 Å². The van der Waals surface area contributed by atoms with Crippen molar-refractivity contribution < 1.29 is 17.9 Å². The van der Waals surface area contributed by atoms with Crippen molar-refractivity contribution in [2.24, 2.45) is 0 Å². The van der Waals surface area contributed by atoms with Gasteiger partial charge in [0, 0.05) is 44.8 Å². The van der Waals surface area contributed by atoms with Crippen LogP contribution in [0.3, 0.4) is 0 Å². The Hall–Kier alpha value is -2.00. The second-order valence-corrected chi connectivity index (χ2v) is 10.2. The number of ether oxygens (including phenoxy) is 1. The van der Waals surface area contributed by atoms with Crippen LogP contribution in [0.15, 0.2) is 46.9 Å². The lowest BCUT2D eigenvalue weighted by atomic mass is 10.0. The van der Waals surface area contributed by atoms with Gasteiger partial charge >= 0.3 is 0 Å². The standard InChI is InChI=1S/C23H33N3O4S/c1-19(2)9-12-25-13-10-21(11-14-25)24-23(27)8-5-20-3-6-22(7-4-20)31(28,29)26-15-17-30-18-16-26/h3-9,21H,10-18H2,1-2H3,(H,24,27)/b8-5+. The summed E-state index contributed by atoms with van der Waals surface area (Å²) >= 11 is 0. The highest BCUT2D eigenvalue weighted by Gasteiger charge is 2.26. The van der Waals surface area contributed by atoms with Crippen molar-refractivity contribution in [1.82, 2.24) is 14.5 Å². The summed E-state index contributed by atoms with van der Waals surface area (Å²) < 4.78 is 32.0. The molecular formula is C23H33N3O4S. The molecule has 2 aliphatic rings. The molecule has 31 heavy (non-hydrogen) atoms. The number of rotatable bonds is 7. The molecule has 3 rings (SSSR count). The summed E-state index contributed by atoms with van der Waals surface area (Å²) in [6, 6.07) is 6.81. The predicted octanol–water partition coefficient (Wildman–Crippen LogP) is 2.27. The Morgan fingerprint density at radius 3 is 2.35 bits per heavy atom. The summed E-state index contributed by atoms with van der Waals surface area (Å²) in [5, 5.41) is 3.07. The molecule has 2 fully saturated rings. The molecule has 0 aromatic heterocycles. The number of hydrogen-bond acceptors (Lipinski definition) is 5. The van der Waals surface area contributed by atoms with E-state index >= 15 is 0 Å². The normalized spacial score (nSPS) is 19.4. The highest BCUT2D eigenvalue weighted by Crippen LogP contribution is 2.18. The average molecular weight is 448 g/mol. The molecule has 1 amide bonds. The van der Waals surface area contributed by atoms with Crippen molar-refractivity contribution in [3.63, 3.8) is 0 Å². The molecule has 0 aliphatic carbocycles. The Morgan fingerprint density at radius 1 is 1.10 bits per heavy atom. The number of nitrogens with one attached hydrogen (secondary N) is 1. The smallest absolute Gasteiger partial charge is 0.244 e. The monoisotopic (exact) mass is 447 g/mol. The van der Waals surface area contributed by atoms with Crippen molar-refractivity contribution in [1.29, 1.82) is 0 Å². The van der Waals surface area contributed by atoms with Crippen molar-refractivity contribution >= 4 is 22.0 Å². The van der Waals surface area contributed by atoms with Crippen LogP contribution in [0.25, 0.3) is 6.08 Å². The lowest BCUT2D eigenvalue weighted by Gasteiger charge is -2.31. The van der Waals surface area contributed by atoms with Crippen LogP contribution >= 0.6 is 0 Å². The first kappa shape index (κ1) is 23.7. The Bertz CT molecular complexity index is 891. The van der Waals surface area contributed by atoms with Crippen LogP contribution in [0.2, 0.25) is 0 Å². The van der Waals surface area contributed by atoms with Crippen LogP contribution in [-0.4, -0.2) is 75.5 Å². The van der Waals surface area contributed by atoms with Crippen LogP contribution in [0.5, 0.6) is 0 Å². The zero-order valence-corrected chi connectivity index (χ0v) is 19.2. The molecule has 0 atom stereocenters. The lowest BCUT2D eigenvalue weighted by molar-refractivity contribution is -0.117. The van der Waals surface area contributed by atoms with Gasteiger partial charge in [-0.15, -0.1) is 0 Å². The SMILES string of the molecule is CC(C)=CCN1CCC(NC(=O)/C=C/c2ccc(S(=O)(=O)N3CCOCC3)cc2)CC1. The molecule has 0 bridgehead atoms. The molecule has 2 aliphatic heterocycles. The predicted molar refractivity (Wildman–Crippen MR) is 122 cm³/mol. The zero-order valence-electron chi connectivity index (χ0n) is 18.4. The third-order valence-electron chi connectivity index (χ3n) is 5.61. The number of carbonyl (C=O) groups is 1. The van der Waals surface area contributed by atoms with E-state index in [0.29, 0.717) is 26.3 Å². The van der Waals surface area contributed by atoms with Gasteiger partial charge < -0.3 is 10.1 Å². The third kappa shape index (κ3) is 7.00. The molecule has 8 heteroatoms. The minimum absolute atomic E-state index is 0.118. The number of amides is 1. The number of sulfonamides is 1. The first-order valence-corrected chi connectivity index (χ1v) is 12.3. The molecule has 1 aromatic carbocycles. The van der Waals surface area contributed by atoms with Crippen LogP contribution in [-0.2, 0) is 19.6 Å². The molecule has 0 unspecified atom stereocenters. The van der Waals surface area contributed by atoms with Crippen LogP contribution in [0.1, 0.15) is 32.3 Å². The second kappa shape index (κ2) is 11.0. The molecule has 7 nitrogen and oxygen atoms in total. The highest BCUT2D eigenvalue weighted by molar-refractivity contribution is 7.89. The maximum absolute atomic E-state index is 12.7. The molecule has 2 heterocycles. The average Bonchev–Trinajstić information content (AvgIpc) is 2.78. The Labute approximate surface area is 185 Å². The fraction of sp³-hybridized carbons (Fsp3) is 0.522. The van der Waals surface area contributed by atoms with E-state index < -0.39 is 10.0 Å². The van der Waals surface area contributed by atoms with E-state index in [4.69, 9.17) is 4.74 Å². The van der Waals surface area contributed by atoms with Gasteiger partial charge in [-0.25, -0.2) is 8.42 Å². The molecular weight excluding hydrogens is 414 g/mol. The molecule has 0 saturated carbocycles. The van der Waals surface area contributed by atoms with Gasteiger partial charge in [-0.3, -0.25) is 9.69 Å². The number of hydrogen-bond donors (Lipinski definition) is 1. The maximum Gasteiger partial charge on any atom is 0.244 e. The van der Waals surface area contributed by atoms with Gasteiger partial charge in [0.25, 0.3) is 0 Å². The summed E-state index contributed by atoms with van der Waals surface area (Å²) in [5.41, 5.74) is 2.11. The lowest BCUT2D eigenvalue weighted by Crippen LogP contribution is -2.44. The number of carbonyl (C=O) groups excluding carboxylic acids is 1. The fourth-order valence-electron chi connectivity index (χ4n) is 3.68. The molecule has 170 valence electrons. The van der Waals surface area contributed by atoms with Crippen LogP contribution in [0, 0.1) is 0 Å². The Balaban J connectivity index is 1.48. The number of morpholine rings is 1. The zero-order chi connectivity index (χ0) is 22.3. The summed E-state index contributed by atoms with van der Waals surface area (Å²) in [7, 11) is -3.50. The minimum Gasteiger partial charge on any atom is -0.379 e. The van der Waals surface area contributed by atoms with Gasteiger partial charge in [0.15, 0.2) is 0 Å². The van der Waals surface area contributed by atoms with Gasteiger partial charge in [-0.2, -0.15) is 4.31 Å². The molecule has 0 radical (unpaired) electrons. The number of allylic oxidation sites excluding steroid dienone is 1. The van der Waals surface area contributed by atoms with Gasteiger partial charge in [0.1, 0.15) is 0 Å². The van der Waals surface area contributed by atoms with Gasteiger partial charge in [-0.1, -0.05) is 23.8 Å². The van der Waals surface area contributed by atoms with E-state index in [1.165, 1.54) is 16.0 Å². The quantitative estimate of drug-likeness (QED) is 0.512. The van der Waals surface area contributed by atoms with E-state index in [2.05, 4.69) is 30.1 Å². The fourth-order valence-corrected chi connectivity index (χ4v) is 5.09. The van der Waals surface area contributed by atoms with E-state index in [-0.39, 0.29) is 16.8 Å². The van der Waals surface area contributed by atoms with Crippen LogP contribution < -0.4 is 5.32 Å². The van der Waals surface area contributed by atoms with Crippen molar-refractivity contribution in [3.05, 3.63) is 47.6 Å². The van der Waals surface area contributed by atoms with Gasteiger partial charge in [0.05, 0.1) is 18.1 Å². The van der Waals surface area contributed by atoms with Crippen molar-refractivity contribution in [3.8, 4) is 0 Å². The minimum atomic E-state index is -3.50. The Morgan fingerprint density at radius 2 is 1.74 bits per heavy atom. The second-order valence-electron chi connectivity index (χ2n) is 8.28. The highest BCUT2D eigenvalue weighted by atomic mass is 32.2. The first-order chi connectivity index (χ1) is 14.8. The summed E-state index contributed by atoms with van der Waals surface area (Å²) in [6.45, 7) is 8.74. The van der Waals surface area contributed by atoms with Gasteiger partial charge in [-0.05, 0) is 50.5 Å². The molecule has 2 saturated heterocycles. The number of likely N-dealkylation sites (tertiary alicyclic amines) is 1. The first-order valence-electron chi connectivity index (χ1n) is 10.9. The molecule has 1 N–H and O–H groups in total. The van der Waals surface area contributed by atoms with E-state index in [1.54, 1.807) is 30.3 Å². The number of benzene rings is 1. The maximum atomic E-state index is 12.7. The van der Waals surface area contributed by atoms with Crippen molar-refractivity contribution in [2.75, 3.05) is 45.9 Å². The summed E-state index contributed by atoms with van der Waals surface area (Å²) in [5.74, 6) is -0.118. The summed E-state index contributed by atoms with van der Waals surface area (Å²) in [6.07, 6.45) is 7.36. The number of piperidine rings is 1. The van der Waals surface area contributed by atoms with Crippen LogP contribution in [0.4, 0.5) is 0 Å². The van der Waals surface area contributed by atoms with E-state index in [0.717, 1.165) is 38.0 Å². The summed E-state index contributed by atoms with van der Waals surface area (Å²) in [4.78, 5) is 14.9. The van der Waals surface area contributed by atoms with E-state index in [1.807, 2.05) is 0 Å². The van der Waals surface area contributed by atoms with Gasteiger partial charge in [0.2, 0.25) is 15.9 Å².